The highest BCUT2D eigenvalue weighted by atomic mass is 35.5. The lowest BCUT2D eigenvalue weighted by Crippen LogP contribution is -2.30. The first-order valence-electron chi connectivity index (χ1n) is 5.84. The molecule has 0 amide bonds. The molecule has 0 aromatic carbocycles. The van der Waals surface area contributed by atoms with Crippen LogP contribution in [0.25, 0.3) is 0 Å². The minimum atomic E-state index is -3.43. The largest absolute Gasteiger partial charge is 0.249 e. The molecule has 0 saturated carbocycles. The molecule has 0 bridgehead atoms. The Morgan fingerprint density at radius 3 is 2.47 bits per heavy atom. The van der Waals surface area contributed by atoms with Gasteiger partial charge in [-0.1, -0.05) is 32.0 Å². The number of halogens is 1. The fraction of sp³-hybridized carbons (Fsp3) is 0.417. The lowest BCUT2D eigenvalue weighted by molar-refractivity contribution is 0.445. The lowest BCUT2D eigenvalue weighted by Gasteiger charge is -2.18. The summed E-state index contributed by atoms with van der Waals surface area (Å²) >= 11 is 7.08. The standard InChI is InChI=1S/C12H17ClN2O2S2/c1-4-15(5-2)19(16,17)11-6-7-12(14-8-11)18-9-10(3)13/h6-8H,3-5,9H2,1-2H3. The van der Waals surface area contributed by atoms with Gasteiger partial charge in [-0.2, -0.15) is 4.31 Å². The van der Waals surface area contributed by atoms with Gasteiger partial charge in [0.2, 0.25) is 10.0 Å². The molecule has 0 unspecified atom stereocenters. The number of aromatic nitrogens is 1. The Labute approximate surface area is 123 Å². The van der Waals surface area contributed by atoms with E-state index in [0.717, 1.165) is 5.03 Å². The molecular weight excluding hydrogens is 304 g/mol. The average Bonchev–Trinajstić information content (AvgIpc) is 2.38. The third kappa shape index (κ3) is 4.49. The van der Waals surface area contributed by atoms with E-state index in [-0.39, 0.29) is 4.90 Å². The van der Waals surface area contributed by atoms with Gasteiger partial charge in [0.25, 0.3) is 0 Å². The summed E-state index contributed by atoms with van der Waals surface area (Å²) in [6.45, 7) is 8.10. The summed E-state index contributed by atoms with van der Waals surface area (Å²) in [6.07, 6.45) is 1.38. The fourth-order valence-electron chi connectivity index (χ4n) is 1.47. The number of rotatable bonds is 7. The van der Waals surface area contributed by atoms with Gasteiger partial charge in [0.15, 0.2) is 0 Å². The molecule has 0 aliphatic carbocycles. The Morgan fingerprint density at radius 2 is 2.05 bits per heavy atom. The highest BCUT2D eigenvalue weighted by Gasteiger charge is 2.21. The molecule has 1 aromatic rings. The molecule has 0 saturated heterocycles. The zero-order valence-electron chi connectivity index (χ0n) is 11.0. The zero-order valence-corrected chi connectivity index (χ0v) is 13.4. The first-order chi connectivity index (χ1) is 8.91. The minimum Gasteiger partial charge on any atom is -0.249 e. The van der Waals surface area contributed by atoms with Crippen LogP contribution in [0.3, 0.4) is 0 Å². The predicted molar refractivity (Wildman–Crippen MR) is 80.1 cm³/mol. The van der Waals surface area contributed by atoms with Gasteiger partial charge in [-0.3, -0.25) is 0 Å². The monoisotopic (exact) mass is 320 g/mol. The molecule has 1 heterocycles. The van der Waals surface area contributed by atoms with Crippen LogP contribution in [-0.4, -0.2) is 36.5 Å². The van der Waals surface area contributed by atoms with E-state index in [2.05, 4.69) is 11.6 Å². The number of thioether (sulfide) groups is 1. The molecular formula is C12H17ClN2O2S2. The van der Waals surface area contributed by atoms with Crippen molar-refractivity contribution in [1.29, 1.82) is 0 Å². The molecule has 106 valence electrons. The molecule has 0 spiro atoms. The molecule has 4 nitrogen and oxygen atoms in total. The molecule has 1 aromatic heterocycles. The van der Waals surface area contributed by atoms with E-state index in [4.69, 9.17) is 11.6 Å². The second-order valence-corrected chi connectivity index (χ2v) is 7.20. The van der Waals surface area contributed by atoms with Crippen molar-refractivity contribution in [1.82, 2.24) is 9.29 Å². The lowest BCUT2D eigenvalue weighted by atomic mass is 10.5. The van der Waals surface area contributed by atoms with Gasteiger partial charge in [0.1, 0.15) is 4.90 Å². The third-order valence-corrected chi connectivity index (χ3v) is 5.78. The van der Waals surface area contributed by atoms with Gasteiger partial charge in [-0.05, 0) is 12.1 Å². The maximum absolute atomic E-state index is 12.2. The predicted octanol–water partition coefficient (Wildman–Crippen LogP) is 2.96. The van der Waals surface area contributed by atoms with E-state index in [1.165, 1.54) is 22.3 Å². The van der Waals surface area contributed by atoms with Crippen LogP contribution in [0.2, 0.25) is 0 Å². The molecule has 7 heteroatoms. The van der Waals surface area contributed by atoms with Crippen molar-refractivity contribution in [2.24, 2.45) is 0 Å². The highest BCUT2D eigenvalue weighted by molar-refractivity contribution is 7.99. The Hall–Kier alpha value is -0.560. The van der Waals surface area contributed by atoms with Crippen LogP contribution in [0.5, 0.6) is 0 Å². The van der Waals surface area contributed by atoms with E-state index in [1.807, 2.05) is 13.8 Å². The first-order valence-corrected chi connectivity index (χ1v) is 8.64. The van der Waals surface area contributed by atoms with Gasteiger partial charge in [0, 0.05) is 30.1 Å². The molecule has 0 aliphatic heterocycles. The fourth-order valence-corrected chi connectivity index (χ4v) is 3.63. The van der Waals surface area contributed by atoms with Crippen LogP contribution < -0.4 is 0 Å². The Balaban J connectivity index is 2.89. The second kappa shape index (κ2) is 7.28. The summed E-state index contributed by atoms with van der Waals surface area (Å²) in [7, 11) is -3.43. The summed E-state index contributed by atoms with van der Waals surface area (Å²) < 4.78 is 25.8. The third-order valence-electron chi connectivity index (χ3n) is 2.43. The summed E-state index contributed by atoms with van der Waals surface area (Å²) in [5.41, 5.74) is 0. The minimum absolute atomic E-state index is 0.213. The molecule has 1 rings (SSSR count). The summed E-state index contributed by atoms with van der Waals surface area (Å²) in [5, 5.41) is 1.26. The molecule has 19 heavy (non-hydrogen) atoms. The van der Waals surface area contributed by atoms with Gasteiger partial charge < -0.3 is 0 Å². The van der Waals surface area contributed by atoms with Crippen molar-refractivity contribution in [2.75, 3.05) is 18.8 Å². The van der Waals surface area contributed by atoms with E-state index < -0.39 is 10.0 Å². The maximum Gasteiger partial charge on any atom is 0.244 e. The molecule has 0 radical (unpaired) electrons. The molecule has 0 atom stereocenters. The summed E-state index contributed by atoms with van der Waals surface area (Å²) in [4.78, 5) is 4.34. The number of pyridine rings is 1. The van der Waals surface area contributed by atoms with Crippen molar-refractivity contribution < 1.29 is 8.42 Å². The number of hydrogen-bond acceptors (Lipinski definition) is 4. The Bertz CT molecular complexity index is 525. The van der Waals surface area contributed by atoms with Crippen LogP contribution in [0.1, 0.15) is 13.8 Å². The van der Waals surface area contributed by atoms with Crippen molar-refractivity contribution in [3.8, 4) is 0 Å². The molecule has 0 fully saturated rings. The summed E-state index contributed by atoms with van der Waals surface area (Å²) in [6, 6.07) is 3.25. The van der Waals surface area contributed by atoms with E-state index in [1.54, 1.807) is 12.1 Å². The van der Waals surface area contributed by atoms with Gasteiger partial charge in [0.05, 0.1) is 5.03 Å². The van der Waals surface area contributed by atoms with Gasteiger partial charge >= 0.3 is 0 Å². The zero-order chi connectivity index (χ0) is 14.5. The summed E-state index contributed by atoms with van der Waals surface area (Å²) in [5.74, 6) is 0.552. The Kier molecular flexibility index (Phi) is 6.32. The normalized spacial score (nSPS) is 11.8. The van der Waals surface area contributed by atoms with E-state index >= 15 is 0 Å². The van der Waals surface area contributed by atoms with E-state index in [0.29, 0.717) is 23.9 Å². The van der Waals surface area contributed by atoms with Crippen LogP contribution in [-0.2, 0) is 10.0 Å². The molecule has 0 N–H and O–H groups in total. The van der Waals surface area contributed by atoms with E-state index in [9.17, 15) is 8.42 Å². The van der Waals surface area contributed by atoms with Crippen molar-refractivity contribution in [3.05, 3.63) is 29.9 Å². The maximum atomic E-state index is 12.2. The van der Waals surface area contributed by atoms with Crippen LogP contribution in [0, 0.1) is 0 Å². The second-order valence-electron chi connectivity index (χ2n) is 3.73. The SMILES string of the molecule is C=C(Cl)CSc1ccc(S(=O)(=O)N(CC)CC)cn1. The number of sulfonamides is 1. The van der Waals surface area contributed by atoms with Gasteiger partial charge in [-0.15, -0.1) is 11.8 Å². The van der Waals surface area contributed by atoms with Crippen LogP contribution >= 0.6 is 23.4 Å². The highest BCUT2D eigenvalue weighted by Crippen LogP contribution is 2.21. The number of nitrogens with zero attached hydrogens (tertiary/aromatic N) is 2. The van der Waals surface area contributed by atoms with Crippen molar-refractivity contribution >= 4 is 33.4 Å². The Morgan fingerprint density at radius 1 is 1.42 bits per heavy atom. The topological polar surface area (TPSA) is 50.3 Å². The smallest absolute Gasteiger partial charge is 0.244 e. The van der Waals surface area contributed by atoms with Crippen LogP contribution in [0.4, 0.5) is 0 Å². The van der Waals surface area contributed by atoms with Crippen LogP contribution in [0.15, 0.2) is 39.9 Å². The average molecular weight is 321 g/mol. The van der Waals surface area contributed by atoms with Gasteiger partial charge in [-0.25, -0.2) is 13.4 Å². The molecule has 0 aliphatic rings. The number of hydrogen-bond donors (Lipinski definition) is 0. The van der Waals surface area contributed by atoms with Crippen molar-refractivity contribution in [2.45, 2.75) is 23.8 Å². The quantitative estimate of drug-likeness (QED) is 0.725. The first kappa shape index (κ1) is 16.5. The van der Waals surface area contributed by atoms with Crippen molar-refractivity contribution in [3.63, 3.8) is 0 Å².